The zero-order valence-electron chi connectivity index (χ0n) is 9.43. The first kappa shape index (κ1) is 11.4. The van der Waals surface area contributed by atoms with E-state index in [1.807, 2.05) is 18.2 Å². The van der Waals surface area contributed by atoms with Gasteiger partial charge in [0, 0.05) is 24.3 Å². The van der Waals surface area contributed by atoms with E-state index in [2.05, 4.69) is 0 Å². The summed E-state index contributed by atoms with van der Waals surface area (Å²) in [7, 11) is 0. The molecule has 0 aliphatic heterocycles. The van der Waals surface area contributed by atoms with Crippen molar-refractivity contribution in [1.82, 2.24) is 0 Å². The average molecular weight is 232 g/mol. The fraction of sp³-hybridized carbons (Fsp3) is 0.231. The molecule has 0 radical (unpaired) electrons. The molecule has 1 aromatic heterocycles. The van der Waals surface area contributed by atoms with Gasteiger partial charge < -0.3 is 9.15 Å². The van der Waals surface area contributed by atoms with Crippen molar-refractivity contribution < 1.29 is 13.9 Å². The Morgan fingerprint density at radius 3 is 2.88 bits per heavy atom. The first-order valence-corrected chi connectivity index (χ1v) is 5.32. The molecule has 88 valence electrons. The Kier molecular flexibility index (Phi) is 3.23. The monoisotopic (exact) mass is 232 g/mol. The molecule has 1 heterocycles. The summed E-state index contributed by atoms with van der Waals surface area (Å²) in [5.41, 5.74) is 0.703. The van der Waals surface area contributed by atoms with E-state index < -0.39 is 0 Å². The number of fused-ring (bicyclic) bond motifs is 1. The molecule has 0 saturated heterocycles. The molecular formula is C13H12O4. The highest BCUT2D eigenvalue weighted by Crippen LogP contribution is 2.12. The largest absolute Gasteiger partial charge is 0.466 e. The maximum atomic E-state index is 11.6. The van der Waals surface area contributed by atoms with Crippen molar-refractivity contribution in [2.45, 2.75) is 13.3 Å². The van der Waals surface area contributed by atoms with Gasteiger partial charge in [-0.3, -0.25) is 4.79 Å². The summed E-state index contributed by atoms with van der Waals surface area (Å²) in [4.78, 5) is 22.2. The van der Waals surface area contributed by atoms with Crippen LogP contribution < -0.4 is 5.63 Å². The summed E-state index contributed by atoms with van der Waals surface area (Å²) in [5.74, 6) is -0.352. The number of para-hydroxylation sites is 1. The van der Waals surface area contributed by atoms with Crippen LogP contribution >= 0.6 is 0 Å². The Hall–Kier alpha value is -2.10. The zero-order chi connectivity index (χ0) is 12.3. The van der Waals surface area contributed by atoms with Gasteiger partial charge in [0.15, 0.2) is 0 Å². The van der Waals surface area contributed by atoms with E-state index in [0.717, 1.165) is 5.39 Å². The van der Waals surface area contributed by atoms with E-state index in [1.54, 1.807) is 12.1 Å². The number of benzene rings is 1. The molecule has 0 N–H and O–H groups in total. The normalized spacial score (nSPS) is 10.4. The smallest absolute Gasteiger partial charge is 0.339 e. The molecule has 4 nitrogen and oxygen atoms in total. The summed E-state index contributed by atoms with van der Waals surface area (Å²) in [5, 5.41) is 0.866. The van der Waals surface area contributed by atoms with Crippen LogP contribution in [0.15, 0.2) is 39.5 Å². The first-order valence-electron chi connectivity index (χ1n) is 5.32. The molecule has 4 heteroatoms. The van der Waals surface area contributed by atoms with Gasteiger partial charge in [0.2, 0.25) is 0 Å². The maximum Gasteiger partial charge on any atom is 0.339 e. The molecule has 0 aliphatic carbocycles. The molecule has 0 spiro atoms. The van der Waals surface area contributed by atoms with Gasteiger partial charge in [-0.1, -0.05) is 18.2 Å². The number of ether oxygens (including phenoxy) is 1. The SMILES string of the molecule is CC(=O)OCCc1cc2ccccc2oc1=O. The predicted molar refractivity (Wildman–Crippen MR) is 62.8 cm³/mol. The lowest BCUT2D eigenvalue weighted by atomic mass is 10.1. The van der Waals surface area contributed by atoms with Gasteiger partial charge in [-0.05, 0) is 12.1 Å². The molecule has 1 aromatic carbocycles. The quantitative estimate of drug-likeness (QED) is 0.599. The highest BCUT2D eigenvalue weighted by atomic mass is 16.5. The molecular weight excluding hydrogens is 220 g/mol. The van der Waals surface area contributed by atoms with Crippen molar-refractivity contribution in [3.05, 3.63) is 46.3 Å². The highest BCUT2D eigenvalue weighted by molar-refractivity contribution is 5.76. The van der Waals surface area contributed by atoms with E-state index in [-0.39, 0.29) is 18.2 Å². The van der Waals surface area contributed by atoms with Crippen molar-refractivity contribution >= 4 is 16.9 Å². The fourth-order valence-electron chi connectivity index (χ4n) is 1.58. The molecule has 2 aromatic rings. The van der Waals surface area contributed by atoms with Crippen molar-refractivity contribution in [3.63, 3.8) is 0 Å². The lowest BCUT2D eigenvalue weighted by molar-refractivity contribution is -0.140. The Bertz CT molecular complexity index is 598. The van der Waals surface area contributed by atoms with Crippen molar-refractivity contribution in [2.24, 2.45) is 0 Å². The molecule has 0 amide bonds. The van der Waals surface area contributed by atoms with Crippen molar-refractivity contribution in [2.75, 3.05) is 6.61 Å². The van der Waals surface area contributed by atoms with E-state index in [9.17, 15) is 9.59 Å². The molecule has 0 saturated carbocycles. The van der Waals surface area contributed by atoms with E-state index >= 15 is 0 Å². The van der Waals surface area contributed by atoms with Gasteiger partial charge in [-0.2, -0.15) is 0 Å². The Labute approximate surface area is 97.8 Å². The number of carbonyl (C=O) groups excluding carboxylic acids is 1. The van der Waals surface area contributed by atoms with Gasteiger partial charge in [-0.15, -0.1) is 0 Å². The van der Waals surface area contributed by atoms with Crippen LogP contribution in [0.3, 0.4) is 0 Å². The first-order chi connectivity index (χ1) is 8.16. The van der Waals surface area contributed by atoms with Gasteiger partial charge in [0.1, 0.15) is 5.58 Å². The van der Waals surface area contributed by atoms with E-state index in [4.69, 9.17) is 9.15 Å². The molecule has 0 aliphatic rings. The molecule has 0 bridgehead atoms. The van der Waals surface area contributed by atoms with Crippen molar-refractivity contribution in [1.29, 1.82) is 0 Å². The number of hydrogen-bond acceptors (Lipinski definition) is 4. The predicted octanol–water partition coefficient (Wildman–Crippen LogP) is 1.90. The van der Waals surface area contributed by atoms with Gasteiger partial charge >= 0.3 is 11.6 Å². The Morgan fingerprint density at radius 1 is 1.35 bits per heavy atom. The maximum absolute atomic E-state index is 11.6. The number of esters is 1. The minimum Gasteiger partial charge on any atom is -0.466 e. The standard InChI is InChI=1S/C13H12O4/c1-9(14)16-7-6-11-8-10-4-2-3-5-12(10)17-13(11)15/h2-5,8H,6-7H2,1H3. The van der Waals surface area contributed by atoms with E-state index in [1.165, 1.54) is 6.92 Å². The summed E-state index contributed by atoms with van der Waals surface area (Å²) in [6.45, 7) is 1.53. The second-order valence-corrected chi connectivity index (χ2v) is 3.69. The third-order valence-corrected chi connectivity index (χ3v) is 2.39. The average Bonchev–Trinajstić information content (AvgIpc) is 2.29. The second-order valence-electron chi connectivity index (χ2n) is 3.69. The highest BCUT2D eigenvalue weighted by Gasteiger charge is 2.05. The van der Waals surface area contributed by atoms with Crippen LogP contribution in [0.25, 0.3) is 11.0 Å². The molecule has 0 fully saturated rings. The summed E-state index contributed by atoms with van der Waals surface area (Å²) in [6.07, 6.45) is 0.368. The lowest BCUT2D eigenvalue weighted by Gasteiger charge is -2.02. The second kappa shape index (κ2) is 4.82. The fourth-order valence-corrected chi connectivity index (χ4v) is 1.58. The number of rotatable bonds is 3. The minimum atomic E-state index is -0.379. The summed E-state index contributed by atoms with van der Waals surface area (Å²) in [6, 6.07) is 9.06. The Morgan fingerprint density at radius 2 is 2.12 bits per heavy atom. The zero-order valence-corrected chi connectivity index (χ0v) is 9.43. The topological polar surface area (TPSA) is 56.5 Å². The Balaban J connectivity index is 2.25. The summed E-state index contributed by atoms with van der Waals surface area (Å²) < 4.78 is 9.95. The lowest BCUT2D eigenvalue weighted by Crippen LogP contribution is -2.11. The van der Waals surface area contributed by atoms with Gasteiger partial charge in [-0.25, -0.2) is 4.79 Å². The van der Waals surface area contributed by atoms with Crippen LogP contribution in [0.4, 0.5) is 0 Å². The molecule has 0 atom stereocenters. The molecule has 2 rings (SSSR count). The van der Waals surface area contributed by atoms with E-state index in [0.29, 0.717) is 17.6 Å². The third kappa shape index (κ3) is 2.72. The van der Waals surface area contributed by atoms with Crippen molar-refractivity contribution in [3.8, 4) is 0 Å². The molecule has 0 unspecified atom stereocenters. The number of hydrogen-bond donors (Lipinski definition) is 0. The van der Waals surface area contributed by atoms with Crippen LogP contribution in [0.5, 0.6) is 0 Å². The van der Waals surface area contributed by atoms with Gasteiger partial charge in [0.25, 0.3) is 0 Å². The van der Waals surface area contributed by atoms with Gasteiger partial charge in [0.05, 0.1) is 6.61 Å². The van der Waals surface area contributed by atoms with Crippen LogP contribution in [-0.2, 0) is 16.0 Å². The minimum absolute atomic E-state index is 0.193. The van der Waals surface area contributed by atoms with Crippen LogP contribution in [-0.4, -0.2) is 12.6 Å². The van der Waals surface area contributed by atoms with Crippen LogP contribution in [0, 0.1) is 0 Å². The molecule has 17 heavy (non-hydrogen) atoms. The summed E-state index contributed by atoms with van der Waals surface area (Å²) >= 11 is 0. The van der Waals surface area contributed by atoms with Crippen LogP contribution in [0.1, 0.15) is 12.5 Å². The number of carbonyl (C=O) groups is 1. The van der Waals surface area contributed by atoms with Crippen LogP contribution in [0.2, 0.25) is 0 Å². The third-order valence-electron chi connectivity index (χ3n) is 2.39.